The minimum atomic E-state index is -0.138. The molecule has 0 saturated heterocycles. The number of benzene rings is 2. The molecule has 0 aliphatic carbocycles. The number of anilines is 1. The Morgan fingerprint density at radius 2 is 1.79 bits per heavy atom. The summed E-state index contributed by atoms with van der Waals surface area (Å²) < 4.78 is 1.22. The first-order chi connectivity index (χ1) is 13.7. The van der Waals surface area contributed by atoms with E-state index in [1.54, 1.807) is 35.9 Å². The maximum Gasteiger partial charge on any atom is 0.255 e. The summed E-state index contributed by atoms with van der Waals surface area (Å²) in [6, 6.07) is 17.6. The van der Waals surface area contributed by atoms with Gasteiger partial charge in [0.2, 0.25) is 0 Å². The molecule has 0 aliphatic rings. The number of carbonyl (C=O) groups excluding carboxylic acids is 1. The SMILES string of the molecule is Cc1nc2ccc(CNCc3cccc(NC(=O)c4ccncc4)c3)cc2s1. The lowest BCUT2D eigenvalue weighted by atomic mass is 10.1. The number of nitrogens with one attached hydrogen (secondary N) is 2. The van der Waals surface area contributed by atoms with E-state index in [-0.39, 0.29) is 5.91 Å². The Balaban J connectivity index is 1.35. The van der Waals surface area contributed by atoms with Crippen molar-refractivity contribution in [3.8, 4) is 0 Å². The van der Waals surface area contributed by atoms with Gasteiger partial charge in [-0.1, -0.05) is 18.2 Å². The van der Waals surface area contributed by atoms with Crippen LogP contribution in [0.2, 0.25) is 0 Å². The van der Waals surface area contributed by atoms with Gasteiger partial charge < -0.3 is 10.6 Å². The van der Waals surface area contributed by atoms with Gasteiger partial charge in [0.25, 0.3) is 5.91 Å². The number of hydrogen-bond acceptors (Lipinski definition) is 5. The van der Waals surface area contributed by atoms with Crippen LogP contribution >= 0.6 is 11.3 Å². The molecule has 2 aromatic heterocycles. The molecule has 0 saturated carbocycles. The zero-order chi connectivity index (χ0) is 19.3. The Labute approximate surface area is 167 Å². The second-order valence-corrected chi connectivity index (χ2v) is 7.76. The highest BCUT2D eigenvalue weighted by atomic mass is 32.1. The van der Waals surface area contributed by atoms with Crippen molar-refractivity contribution in [1.29, 1.82) is 0 Å². The number of amides is 1. The van der Waals surface area contributed by atoms with Crippen molar-refractivity contribution in [2.24, 2.45) is 0 Å². The lowest BCUT2D eigenvalue weighted by Crippen LogP contribution is -2.14. The van der Waals surface area contributed by atoms with Crippen LogP contribution in [0.15, 0.2) is 67.0 Å². The third-order valence-corrected chi connectivity index (χ3v) is 5.28. The number of hydrogen-bond donors (Lipinski definition) is 2. The topological polar surface area (TPSA) is 66.9 Å². The van der Waals surface area contributed by atoms with Crippen LogP contribution in [0.1, 0.15) is 26.5 Å². The molecule has 0 atom stereocenters. The van der Waals surface area contributed by atoms with Gasteiger partial charge >= 0.3 is 0 Å². The fraction of sp³-hybridized carbons (Fsp3) is 0.136. The summed E-state index contributed by atoms with van der Waals surface area (Å²) >= 11 is 1.72. The quantitative estimate of drug-likeness (QED) is 0.509. The summed E-state index contributed by atoms with van der Waals surface area (Å²) in [5, 5.41) is 7.48. The lowest BCUT2D eigenvalue weighted by Gasteiger charge is -2.09. The van der Waals surface area contributed by atoms with E-state index in [1.165, 1.54) is 10.3 Å². The minimum Gasteiger partial charge on any atom is -0.322 e. The molecule has 0 aliphatic heterocycles. The summed E-state index contributed by atoms with van der Waals surface area (Å²) in [5.74, 6) is -0.138. The van der Waals surface area contributed by atoms with Crippen molar-refractivity contribution in [2.45, 2.75) is 20.0 Å². The monoisotopic (exact) mass is 388 g/mol. The molecule has 0 spiro atoms. The van der Waals surface area contributed by atoms with Gasteiger partial charge in [0, 0.05) is 36.7 Å². The third kappa shape index (κ3) is 4.42. The van der Waals surface area contributed by atoms with Crippen molar-refractivity contribution >= 4 is 33.1 Å². The summed E-state index contributed by atoms with van der Waals surface area (Å²) in [7, 11) is 0. The van der Waals surface area contributed by atoms with Crippen molar-refractivity contribution < 1.29 is 4.79 Å². The molecule has 0 unspecified atom stereocenters. The fourth-order valence-electron chi connectivity index (χ4n) is 3.01. The van der Waals surface area contributed by atoms with Crippen LogP contribution in [-0.2, 0) is 13.1 Å². The predicted molar refractivity (Wildman–Crippen MR) is 114 cm³/mol. The molecular formula is C22H20N4OS. The highest BCUT2D eigenvalue weighted by Crippen LogP contribution is 2.22. The molecule has 4 aromatic rings. The Morgan fingerprint density at radius 3 is 2.61 bits per heavy atom. The van der Waals surface area contributed by atoms with E-state index in [4.69, 9.17) is 0 Å². The Hall–Kier alpha value is -3.09. The lowest BCUT2D eigenvalue weighted by molar-refractivity contribution is 0.102. The van der Waals surface area contributed by atoms with Crippen molar-refractivity contribution in [1.82, 2.24) is 15.3 Å². The van der Waals surface area contributed by atoms with Crippen LogP contribution in [0, 0.1) is 6.92 Å². The third-order valence-electron chi connectivity index (χ3n) is 4.35. The molecule has 2 heterocycles. The van der Waals surface area contributed by atoms with E-state index >= 15 is 0 Å². The number of carbonyl (C=O) groups is 1. The molecular weight excluding hydrogens is 368 g/mol. The molecule has 2 N–H and O–H groups in total. The maximum absolute atomic E-state index is 12.3. The van der Waals surface area contributed by atoms with Gasteiger partial charge in [-0.3, -0.25) is 9.78 Å². The van der Waals surface area contributed by atoms with E-state index < -0.39 is 0 Å². The normalized spacial score (nSPS) is 10.9. The van der Waals surface area contributed by atoms with Crippen LogP contribution in [0.25, 0.3) is 10.2 Å². The zero-order valence-corrected chi connectivity index (χ0v) is 16.3. The van der Waals surface area contributed by atoms with E-state index in [0.29, 0.717) is 5.56 Å². The minimum absolute atomic E-state index is 0.138. The second-order valence-electron chi connectivity index (χ2n) is 6.53. The summed E-state index contributed by atoms with van der Waals surface area (Å²) in [6.45, 7) is 3.53. The number of nitrogens with zero attached hydrogens (tertiary/aromatic N) is 2. The largest absolute Gasteiger partial charge is 0.322 e. The molecule has 0 bridgehead atoms. The molecule has 28 heavy (non-hydrogen) atoms. The van der Waals surface area contributed by atoms with Crippen molar-refractivity contribution in [3.05, 3.63) is 88.7 Å². The van der Waals surface area contributed by atoms with E-state index in [1.807, 2.05) is 31.2 Å². The van der Waals surface area contributed by atoms with E-state index in [0.717, 1.165) is 34.9 Å². The van der Waals surface area contributed by atoms with Crippen LogP contribution in [0.4, 0.5) is 5.69 Å². The van der Waals surface area contributed by atoms with E-state index in [2.05, 4.69) is 38.8 Å². The first kappa shape index (κ1) is 18.3. The Bertz CT molecular complexity index is 1110. The first-order valence-electron chi connectivity index (χ1n) is 9.04. The van der Waals surface area contributed by atoms with Crippen LogP contribution in [0.3, 0.4) is 0 Å². The molecule has 5 nitrogen and oxygen atoms in total. The number of aryl methyl sites for hydroxylation is 1. The van der Waals surface area contributed by atoms with Crippen LogP contribution in [-0.4, -0.2) is 15.9 Å². The van der Waals surface area contributed by atoms with Crippen molar-refractivity contribution in [2.75, 3.05) is 5.32 Å². The maximum atomic E-state index is 12.3. The highest BCUT2D eigenvalue weighted by Gasteiger charge is 2.06. The molecule has 0 radical (unpaired) electrons. The average Bonchev–Trinajstić information content (AvgIpc) is 3.08. The number of fused-ring (bicyclic) bond motifs is 1. The van der Waals surface area contributed by atoms with Crippen LogP contribution < -0.4 is 10.6 Å². The summed E-state index contributed by atoms with van der Waals surface area (Å²) in [5.41, 5.74) is 4.78. The first-order valence-corrected chi connectivity index (χ1v) is 9.86. The van der Waals surface area contributed by atoms with Crippen LogP contribution in [0.5, 0.6) is 0 Å². The van der Waals surface area contributed by atoms with Gasteiger partial charge in [-0.25, -0.2) is 4.98 Å². The fourth-order valence-corrected chi connectivity index (χ4v) is 3.90. The Morgan fingerprint density at radius 1 is 1.00 bits per heavy atom. The van der Waals surface area contributed by atoms with Gasteiger partial charge in [0.15, 0.2) is 0 Å². The standard InChI is InChI=1S/C22H20N4OS/c1-15-25-20-6-5-17(12-21(20)28-15)14-24-13-16-3-2-4-19(11-16)26-22(27)18-7-9-23-10-8-18/h2-12,24H,13-14H2,1H3,(H,26,27). The van der Waals surface area contributed by atoms with Crippen molar-refractivity contribution in [3.63, 3.8) is 0 Å². The van der Waals surface area contributed by atoms with Gasteiger partial charge in [-0.05, 0) is 54.4 Å². The van der Waals surface area contributed by atoms with Gasteiger partial charge in [-0.2, -0.15) is 0 Å². The molecule has 1 amide bonds. The smallest absolute Gasteiger partial charge is 0.255 e. The molecule has 6 heteroatoms. The number of thiazole rings is 1. The summed E-state index contributed by atoms with van der Waals surface area (Å²) in [6.07, 6.45) is 3.22. The number of aromatic nitrogens is 2. The molecule has 0 fully saturated rings. The van der Waals surface area contributed by atoms with Gasteiger partial charge in [0.05, 0.1) is 15.2 Å². The molecule has 140 valence electrons. The number of pyridine rings is 1. The van der Waals surface area contributed by atoms with E-state index in [9.17, 15) is 4.79 Å². The van der Waals surface area contributed by atoms with Gasteiger partial charge in [0.1, 0.15) is 0 Å². The second kappa shape index (κ2) is 8.29. The highest BCUT2D eigenvalue weighted by molar-refractivity contribution is 7.18. The number of rotatable bonds is 6. The summed E-state index contributed by atoms with van der Waals surface area (Å²) in [4.78, 5) is 20.7. The molecule has 4 rings (SSSR count). The molecule has 2 aromatic carbocycles. The zero-order valence-electron chi connectivity index (χ0n) is 15.5. The predicted octanol–water partition coefficient (Wildman–Crippen LogP) is 4.54. The van der Waals surface area contributed by atoms with Gasteiger partial charge in [-0.15, -0.1) is 11.3 Å². The Kier molecular flexibility index (Phi) is 5.41. The average molecular weight is 388 g/mol.